The Bertz CT molecular complexity index is 1560. The van der Waals surface area contributed by atoms with Crippen molar-refractivity contribution in [3.8, 4) is 11.1 Å². The summed E-state index contributed by atoms with van der Waals surface area (Å²) in [6.07, 6.45) is -4.82. The maximum Gasteiger partial charge on any atom is 0.416 e. The molecule has 192 valence electrons. The Morgan fingerprint density at radius 3 is 2.19 bits per heavy atom. The summed E-state index contributed by atoms with van der Waals surface area (Å²) in [6.45, 7) is 0.302. The topological polar surface area (TPSA) is 70.0 Å². The number of hydrogen-bond donors (Lipinski definition) is 1. The fraction of sp³-hybridized carbons (Fsp3) is 0.185. The van der Waals surface area contributed by atoms with E-state index in [0.717, 1.165) is 15.2 Å². The molecule has 3 aromatic carbocycles. The van der Waals surface area contributed by atoms with Gasteiger partial charge in [0.1, 0.15) is 11.6 Å². The molecule has 0 fully saturated rings. The average Bonchev–Trinajstić information content (AvgIpc) is 2.85. The summed E-state index contributed by atoms with van der Waals surface area (Å²) < 4.78 is 71.4. The van der Waals surface area contributed by atoms with E-state index in [9.17, 15) is 31.5 Å². The van der Waals surface area contributed by atoms with Gasteiger partial charge in [-0.15, -0.1) is 0 Å². The highest BCUT2D eigenvalue weighted by atomic mass is 19.4. The zero-order chi connectivity index (χ0) is 26.9. The Labute approximate surface area is 208 Å². The predicted octanol–water partition coefficient (Wildman–Crippen LogP) is 5.03. The van der Waals surface area contributed by atoms with Crippen LogP contribution in [0.1, 0.15) is 28.4 Å². The lowest BCUT2D eigenvalue weighted by atomic mass is 10.0. The van der Waals surface area contributed by atoms with Gasteiger partial charge in [-0.3, -0.25) is 13.9 Å². The highest BCUT2D eigenvalue weighted by Crippen LogP contribution is 2.33. The standard InChI is InChI=1S/C27H22F5N3O2/c1-16-24(20-9-5-6-10-22(20)29)25(36)35(15-23(33)17-7-3-2-4-8-17)26(37)34(16)14-18-13-19(28)11-12-21(18)27(30,31)32/h2-13,23H,14-15,33H2,1H3/t23-/m0/s1. The van der Waals surface area contributed by atoms with Crippen LogP contribution in [0.25, 0.3) is 11.1 Å². The third-order valence-electron chi connectivity index (χ3n) is 6.14. The highest BCUT2D eigenvalue weighted by Gasteiger charge is 2.34. The molecule has 0 aliphatic rings. The highest BCUT2D eigenvalue weighted by molar-refractivity contribution is 5.65. The molecule has 10 heteroatoms. The maximum absolute atomic E-state index is 14.8. The molecule has 0 unspecified atom stereocenters. The van der Waals surface area contributed by atoms with E-state index in [4.69, 9.17) is 5.73 Å². The van der Waals surface area contributed by atoms with Crippen LogP contribution in [0.15, 0.2) is 82.4 Å². The second kappa shape index (κ2) is 10.1. The fourth-order valence-electron chi connectivity index (χ4n) is 4.26. The predicted molar refractivity (Wildman–Crippen MR) is 129 cm³/mol. The van der Waals surface area contributed by atoms with Crippen LogP contribution in [0, 0.1) is 18.6 Å². The Morgan fingerprint density at radius 2 is 1.54 bits per heavy atom. The van der Waals surface area contributed by atoms with Crippen molar-refractivity contribution in [1.82, 2.24) is 9.13 Å². The molecule has 4 aromatic rings. The number of hydrogen-bond acceptors (Lipinski definition) is 3. The third kappa shape index (κ3) is 5.24. The normalized spacial score (nSPS) is 12.5. The fourth-order valence-corrected chi connectivity index (χ4v) is 4.26. The molecule has 1 atom stereocenters. The van der Waals surface area contributed by atoms with Crippen LogP contribution in [-0.2, 0) is 19.3 Å². The van der Waals surface area contributed by atoms with Crippen molar-refractivity contribution in [3.05, 3.63) is 128 Å². The van der Waals surface area contributed by atoms with Gasteiger partial charge in [0.25, 0.3) is 5.56 Å². The first kappa shape index (κ1) is 26.0. The van der Waals surface area contributed by atoms with Gasteiger partial charge in [0.2, 0.25) is 0 Å². The molecule has 0 aliphatic heterocycles. The zero-order valence-electron chi connectivity index (χ0n) is 19.6. The molecule has 1 aromatic heterocycles. The van der Waals surface area contributed by atoms with E-state index in [1.807, 2.05) is 0 Å². The summed E-state index contributed by atoms with van der Waals surface area (Å²) in [6, 6.07) is 15.1. The molecular weight excluding hydrogens is 493 g/mol. The van der Waals surface area contributed by atoms with Crippen LogP contribution in [0.5, 0.6) is 0 Å². The number of rotatable bonds is 6. The minimum absolute atomic E-state index is 0.0676. The Kier molecular flexibility index (Phi) is 7.13. The van der Waals surface area contributed by atoms with Crippen molar-refractivity contribution in [2.45, 2.75) is 32.2 Å². The quantitative estimate of drug-likeness (QED) is 0.366. The molecule has 2 N–H and O–H groups in total. The van der Waals surface area contributed by atoms with Gasteiger partial charge < -0.3 is 5.73 Å². The van der Waals surface area contributed by atoms with Gasteiger partial charge in [-0.2, -0.15) is 13.2 Å². The van der Waals surface area contributed by atoms with Gasteiger partial charge in [-0.05, 0) is 42.3 Å². The van der Waals surface area contributed by atoms with E-state index >= 15 is 0 Å². The summed E-state index contributed by atoms with van der Waals surface area (Å²) in [5, 5.41) is 0. The number of nitrogens with two attached hydrogens (primary N) is 1. The number of nitrogens with zero attached hydrogens (tertiary/aromatic N) is 2. The minimum Gasteiger partial charge on any atom is -0.322 e. The SMILES string of the molecule is Cc1c(-c2ccccc2F)c(=O)n(C[C@H](N)c2ccccc2)c(=O)n1Cc1cc(F)ccc1C(F)(F)F. The molecule has 0 radical (unpaired) electrons. The molecule has 1 heterocycles. The summed E-state index contributed by atoms with van der Waals surface area (Å²) in [5.41, 5.74) is 3.01. The van der Waals surface area contributed by atoms with Crippen LogP contribution in [0.4, 0.5) is 22.0 Å². The van der Waals surface area contributed by atoms with Crippen LogP contribution in [-0.4, -0.2) is 9.13 Å². The molecule has 37 heavy (non-hydrogen) atoms. The molecule has 0 amide bonds. The smallest absolute Gasteiger partial charge is 0.322 e. The van der Waals surface area contributed by atoms with Gasteiger partial charge in [0.05, 0.1) is 24.2 Å². The molecule has 5 nitrogen and oxygen atoms in total. The lowest BCUT2D eigenvalue weighted by Crippen LogP contribution is -2.44. The minimum atomic E-state index is -4.82. The zero-order valence-corrected chi connectivity index (χ0v) is 19.6. The Hall–Kier alpha value is -4.05. The molecular formula is C27H22F5N3O2. The lowest BCUT2D eigenvalue weighted by Gasteiger charge is -2.21. The van der Waals surface area contributed by atoms with Crippen molar-refractivity contribution in [3.63, 3.8) is 0 Å². The van der Waals surface area contributed by atoms with Crippen molar-refractivity contribution in [2.75, 3.05) is 0 Å². The van der Waals surface area contributed by atoms with E-state index in [1.54, 1.807) is 30.3 Å². The van der Waals surface area contributed by atoms with Crippen LogP contribution >= 0.6 is 0 Å². The van der Waals surface area contributed by atoms with Crippen molar-refractivity contribution in [1.29, 1.82) is 0 Å². The molecule has 0 aliphatic carbocycles. The number of halogens is 5. The molecule has 0 spiro atoms. The second-order valence-corrected chi connectivity index (χ2v) is 8.54. The van der Waals surface area contributed by atoms with E-state index < -0.39 is 52.8 Å². The Morgan fingerprint density at radius 1 is 0.892 bits per heavy atom. The molecule has 4 rings (SSSR count). The average molecular weight is 515 g/mol. The first-order chi connectivity index (χ1) is 17.5. The lowest BCUT2D eigenvalue weighted by molar-refractivity contribution is -0.138. The summed E-state index contributed by atoms with van der Waals surface area (Å²) in [5.74, 6) is -1.68. The monoisotopic (exact) mass is 515 g/mol. The van der Waals surface area contributed by atoms with E-state index in [-0.39, 0.29) is 23.4 Å². The third-order valence-corrected chi connectivity index (χ3v) is 6.14. The number of aromatic nitrogens is 2. The van der Waals surface area contributed by atoms with Crippen molar-refractivity contribution < 1.29 is 22.0 Å². The molecule has 0 saturated heterocycles. The summed E-state index contributed by atoms with van der Waals surface area (Å²) in [4.78, 5) is 27.0. The largest absolute Gasteiger partial charge is 0.416 e. The van der Waals surface area contributed by atoms with E-state index in [2.05, 4.69) is 0 Å². The van der Waals surface area contributed by atoms with Crippen molar-refractivity contribution in [2.24, 2.45) is 5.73 Å². The van der Waals surface area contributed by atoms with Crippen LogP contribution in [0.3, 0.4) is 0 Å². The maximum atomic E-state index is 14.8. The summed E-state index contributed by atoms with van der Waals surface area (Å²) >= 11 is 0. The molecule has 0 bridgehead atoms. The summed E-state index contributed by atoms with van der Waals surface area (Å²) in [7, 11) is 0. The number of alkyl halides is 3. The van der Waals surface area contributed by atoms with Crippen LogP contribution < -0.4 is 17.0 Å². The number of benzene rings is 3. The molecule has 0 saturated carbocycles. The van der Waals surface area contributed by atoms with Crippen molar-refractivity contribution >= 4 is 0 Å². The van der Waals surface area contributed by atoms with Gasteiger partial charge >= 0.3 is 11.9 Å². The first-order valence-corrected chi connectivity index (χ1v) is 11.2. The van der Waals surface area contributed by atoms with E-state index in [0.29, 0.717) is 23.8 Å². The van der Waals surface area contributed by atoms with Crippen LogP contribution in [0.2, 0.25) is 0 Å². The van der Waals surface area contributed by atoms with Gasteiger partial charge in [-0.1, -0.05) is 48.5 Å². The van der Waals surface area contributed by atoms with Gasteiger partial charge in [0.15, 0.2) is 0 Å². The van der Waals surface area contributed by atoms with Gasteiger partial charge in [-0.25, -0.2) is 13.6 Å². The Balaban J connectivity index is 1.96. The van der Waals surface area contributed by atoms with E-state index in [1.165, 1.54) is 25.1 Å². The first-order valence-electron chi connectivity index (χ1n) is 11.2. The second-order valence-electron chi connectivity index (χ2n) is 8.54. The van der Waals surface area contributed by atoms with Gasteiger partial charge in [0, 0.05) is 17.3 Å².